The molecule has 0 unspecified atom stereocenters. The first-order chi connectivity index (χ1) is 6.99. The van der Waals surface area contributed by atoms with Crippen LogP contribution in [0.15, 0.2) is 47.9 Å². The molecular formula is C13H15FO. The molecule has 0 saturated carbocycles. The molecule has 0 N–H and O–H groups in total. The summed E-state index contributed by atoms with van der Waals surface area (Å²) in [5, 5.41) is 0. The molecule has 0 heterocycles. The summed E-state index contributed by atoms with van der Waals surface area (Å²) in [5.41, 5.74) is 1.37. The number of rotatable bonds is 2. The molecule has 1 nitrogen and oxygen atoms in total. The maximum absolute atomic E-state index is 13.3. The van der Waals surface area contributed by atoms with E-state index < -0.39 is 0 Å². The Balaban J connectivity index is 2.88. The fraction of sp³-hybridized carbons (Fsp3) is 0.308. The van der Waals surface area contributed by atoms with Gasteiger partial charge < -0.3 is 0 Å². The Labute approximate surface area is 89.7 Å². The van der Waals surface area contributed by atoms with Crippen molar-refractivity contribution in [1.29, 1.82) is 0 Å². The van der Waals surface area contributed by atoms with E-state index in [0.29, 0.717) is 11.1 Å². The summed E-state index contributed by atoms with van der Waals surface area (Å²) >= 11 is 0. The van der Waals surface area contributed by atoms with Crippen LogP contribution in [-0.4, -0.2) is 5.78 Å². The molecule has 0 atom stereocenters. The number of allylic oxidation sites excluding steroid dienone is 7. The number of hydrogen-bond donors (Lipinski definition) is 0. The molecule has 0 aromatic heterocycles. The summed E-state index contributed by atoms with van der Waals surface area (Å²) in [5.74, 6) is -0.153. The van der Waals surface area contributed by atoms with E-state index >= 15 is 0 Å². The van der Waals surface area contributed by atoms with Gasteiger partial charge >= 0.3 is 0 Å². The van der Waals surface area contributed by atoms with E-state index in [0.717, 1.165) is 0 Å². The normalized spacial score (nSPS) is 20.5. The molecule has 0 aromatic rings. The largest absolute Gasteiger partial charge is 0.294 e. The van der Waals surface area contributed by atoms with Gasteiger partial charge in [0.1, 0.15) is 5.83 Å². The lowest BCUT2D eigenvalue weighted by molar-refractivity contribution is -0.114. The van der Waals surface area contributed by atoms with Crippen molar-refractivity contribution in [2.45, 2.75) is 20.3 Å². The van der Waals surface area contributed by atoms with Crippen LogP contribution in [0.3, 0.4) is 0 Å². The fourth-order valence-electron chi connectivity index (χ4n) is 1.34. The lowest BCUT2D eigenvalue weighted by Gasteiger charge is -2.09. The first-order valence-corrected chi connectivity index (χ1v) is 4.97. The van der Waals surface area contributed by atoms with E-state index in [1.807, 2.05) is 13.8 Å². The second-order valence-electron chi connectivity index (χ2n) is 3.97. The maximum Gasteiger partial charge on any atom is 0.160 e. The van der Waals surface area contributed by atoms with Crippen LogP contribution in [0.2, 0.25) is 0 Å². The molecule has 1 aliphatic carbocycles. The molecule has 0 bridgehead atoms. The van der Waals surface area contributed by atoms with Gasteiger partial charge in [0.25, 0.3) is 0 Å². The van der Waals surface area contributed by atoms with Crippen molar-refractivity contribution < 1.29 is 9.18 Å². The molecule has 0 saturated heterocycles. The third kappa shape index (κ3) is 3.66. The molecular weight excluding hydrogens is 191 g/mol. The number of carbonyl (C=O) groups excluding carboxylic acids is 1. The van der Waals surface area contributed by atoms with Crippen LogP contribution in [0.1, 0.15) is 20.3 Å². The average molecular weight is 206 g/mol. The maximum atomic E-state index is 13.3. The minimum Gasteiger partial charge on any atom is -0.294 e. The van der Waals surface area contributed by atoms with E-state index in [1.54, 1.807) is 6.08 Å². The van der Waals surface area contributed by atoms with Crippen molar-refractivity contribution in [2.24, 2.45) is 5.92 Å². The van der Waals surface area contributed by atoms with Crippen molar-refractivity contribution in [3.8, 4) is 0 Å². The predicted molar refractivity (Wildman–Crippen MR) is 60.0 cm³/mol. The summed E-state index contributed by atoms with van der Waals surface area (Å²) < 4.78 is 13.3. The molecule has 0 aromatic carbocycles. The van der Waals surface area contributed by atoms with Crippen LogP contribution in [-0.2, 0) is 4.79 Å². The highest BCUT2D eigenvalue weighted by atomic mass is 19.1. The van der Waals surface area contributed by atoms with Crippen LogP contribution in [0.25, 0.3) is 0 Å². The Bertz CT molecular complexity index is 370. The van der Waals surface area contributed by atoms with Crippen molar-refractivity contribution >= 4 is 5.78 Å². The minimum atomic E-state index is -0.302. The molecule has 2 heteroatoms. The zero-order chi connectivity index (χ0) is 11.4. The van der Waals surface area contributed by atoms with Crippen molar-refractivity contribution in [3.63, 3.8) is 0 Å². The van der Waals surface area contributed by atoms with Crippen LogP contribution >= 0.6 is 0 Å². The van der Waals surface area contributed by atoms with Gasteiger partial charge in [-0.25, -0.2) is 4.39 Å². The lowest BCUT2D eigenvalue weighted by atomic mass is 9.95. The van der Waals surface area contributed by atoms with Crippen molar-refractivity contribution in [3.05, 3.63) is 47.9 Å². The third-order valence-corrected chi connectivity index (χ3v) is 2.05. The standard InChI is InChI=1S/C13H15FO/c1-9(2)6-12(14)7-11-8-13(15)5-4-10(11)3/h4-7,9H,3,8H2,1-2H3/b11-7-,12-6+. The summed E-state index contributed by atoms with van der Waals surface area (Å²) in [6, 6.07) is 0. The smallest absolute Gasteiger partial charge is 0.160 e. The van der Waals surface area contributed by atoms with Crippen LogP contribution in [0, 0.1) is 5.92 Å². The van der Waals surface area contributed by atoms with E-state index in [4.69, 9.17) is 0 Å². The lowest BCUT2D eigenvalue weighted by Crippen LogP contribution is -2.02. The molecule has 0 fully saturated rings. The summed E-state index contributed by atoms with van der Waals surface area (Å²) in [4.78, 5) is 11.1. The topological polar surface area (TPSA) is 17.1 Å². The summed E-state index contributed by atoms with van der Waals surface area (Å²) in [6.45, 7) is 7.56. The van der Waals surface area contributed by atoms with Gasteiger partial charge in [-0.05, 0) is 35.3 Å². The Morgan fingerprint density at radius 3 is 2.80 bits per heavy atom. The van der Waals surface area contributed by atoms with Gasteiger partial charge in [-0.3, -0.25) is 4.79 Å². The van der Waals surface area contributed by atoms with Crippen LogP contribution < -0.4 is 0 Å². The summed E-state index contributed by atoms with van der Waals surface area (Å²) in [6.07, 6.45) is 6.26. The predicted octanol–water partition coefficient (Wildman–Crippen LogP) is 3.51. The molecule has 1 rings (SSSR count). The minimum absolute atomic E-state index is 0.00834. The Morgan fingerprint density at radius 2 is 2.20 bits per heavy atom. The van der Waals surface area contributed by atoms with Gasteiger partial charge in [0.05, 0.1) is 0 Å². The molecule has 0 amide bonds. The van der Waals surface area contributed by atoms with Gasteiger partial charge in [-0.2, -0.15) is 0 Å². The first-order valence-electron chi connectivity index (χ1n) is 4.97. The van der Waals surface area contributed by atoms with Gasteiger partial charge in [-0.1, -0.05) is 26.5 Å². The number of hydrogen-bond acceptors (Lipinski definition) is 1. The zero-order valence-corrected chi connectivity index (χ0v) is 9.09. The monoisotopic (exact) mass is 206 g/mol. The molecule has 80 valence electrons. The average Bonchev–Trinajstić information content (AvgIpc) is 2.10. The highest BCUT2D eigenvalue weighted by molar-refractivity contribution is 5.95. The van der Waals surface area contributed by atoms with E-state index in [2.05, 4.69) is 6.58 Å². The molecule has 0 spiro atoms. The fourth-order valence-corrected chi connectivity index (χ4v) is 1.34. The van der Waals surface area contributed by atoms with Gasteiger partial charge in [-0.15, -0.1) is 0 Å². The Kier molecular flexibility index (Phi) is 3.78. The molecule has 1 aliphatic rings. The molecule has 15 heavy (non-hydrogen) atoms. The Morgan fingerprint density at radius 1 is 1.53 bits per heavy atom. The number of carbonyl (C=O) groups is 1. The molecule has 0 aliphatic heterocycles. The number of ketones is 1. The van der Waals surface area contributed by atoms with Crippen LogP contribution in [0.4, 0.5) is 4.39 Å². The second kappa shape index (κ2) is 4.87. The second-order valence-corrected chi connectivity index (χ2v) is 3.97. The first kappa shape index (κ1) is 11.6. The summed E-state index contributed by atoms with van der Waals surface area (Å²) in [7, 11) is 0. The van der Waals surface area contributed by atoms with E-state index in [-0.39, 0.29) is 23.9 Å². The zero-order valence-electron chi connectivity index (χ0n) is 9.09. The van der Waals surface area contributed by atoms with Gasteiger partial charge in [0.15, 0.2) is 5.78 Å². The van der Waals surface area contributed by atoms with Gasteiger partial charge in [0.2, 0.25) is 0 Å². The third-order valence-electron chi connectivity index (χ3n) is 2.05. The van der Waals surface area contributed by atoms with E-state index in [9.17, 15) is 9.18 Å². The number of halogens is 1. The van der Waals surface area contributed by atoms with Gasteiger partial charge in [0, 0.05) is 6.42 Å². The van der Waals surface area contributed by atoms with Crippen molar-refractivity contribution in [2.75, 3.05) is 0 Å². The van der Waals surface area contributed by atoms with Crippen LogP contribution in [0.5, 0.6) is 0 Å². The highest BCUT2D eigenvalue weighted by Crippen LogP contribution is 2.22. The highest BCUT2D eigenvalue weighted by Gasteiger charge is 2.11. The van der Waals surface area contributed by atoms with Crippen molar-refractivity contribution in [1.82, 2.24) is 0 Å². The van der Waals surface area contributed by atoms with E-state index in [1.165, 1.54) is 18.2 Å². The molecule has 0 radical (unpaired) electrons. The quantitative estimate of drug-likeness (QED) is 0.675. The SMILES string of the molecule is C=C1C=CC(=O)C/C1=C/C(F)=C\C(C)C. The Hall–Kier alpha value is -1.44.